The number of amides is 1. The van der Waals surface area contributed by atoms with Crippen LogP contribution in [0.5, 0.6) is 0 Å². The van der Waals surface area contributed by atoms with E-state index in [-0.39, 0.29) is 17.8 Å². The number of nitrogens with one attached hydrogen (secondary N) is 3. The first-order valence-corrected chi connectivity index (χ1v) is 8.45. The van der Waals surface area contributed by atoms with E-state index in [4.69, 9.17) is 11.6 Å². The molecule has 0 bridgehead atoms. The molecule has 3 heterocycles. The van der Waals surface area contributed by atoms with E-state index in [9.17, 15) is 9.18 Å². The van der Waals surface area contributed by atoms with E-state index in [0.717, 1.165) is 11.6 Å². The molecule has 26 heavy (non-hydrogen) atoms. The normalized spacial score (nSPS) is 12.4. The Morgan fingerprint density at radius 2 is 2.04 bits per heavy atom. The maximum atomic E-state index is 14.1. The molecule has 3 rings (SSSR count). The van der Waals surface area contributed by atoms with Crippen molar-refractivity contribution in [3.8, 4) is 11.4 Å². The molecular formula is C17H18ClFN6O. The zero-order chi connectivity index (χ0) is 18.8. The van der Waals surface area contributed by atoms with Crippen molar-refractivity contribution < 1.29 is 9.18 Å². The molecule has 0 unspecified atom stereocenters. The number of H-pyrrole nitrogens is 1. The maximum absolute atomic E-state index is 14.1. The summed E-state index contributed by atoms with van der Waals surface area (Å²) in [5.41, 5.74) is 1.26. The van der Waals surface area contributed by atoms with Crippen molar-refractivity contribution in [1.82, 2.24) is 25.3 Å². The molecule has 3 aromatic heterocycles. The first-order chi connectivity index (χ1) is 12.3. The fourth-order valence-corrected chi connectivity index (χ4v) is 2.60. The predicted molar refractivity (Wildman–Crippen MR) is 98.5 cm³/mol. The summed E-state index contributed by atoms with van der Waals surface area (Å²) in [6.45, 7) is 5.34. The van der Waals surface area contributed by atoms with Crippen molar-refractivity contribution in [2.24, 2.45) is 0 Å². The molecular weight excluding hydrogens is 359 g/mol. The van der Waals surface area contributed by atoms with Crippen LogP contribution in [0.3, 0.4) is 0 Å². The van der Waals surface area contributed by atoms with Crippen molar-refractivity contribution in [1.29, 1.82) is 0 Å². The molecule has 136 valence electrons. The van der Waals surface area contributed by atoms with Crippen LogP contribution in [0.4, 0.5) is 10.2 Å². The van der Waals surface area contributed by atoms with Crippen LogP contribution in [0.1, 0.15) is 20.8 Å². The SMILES string of the molecule is CC(C)NC(=O)[C@H](C)Nc1nc(-c2c[nH]c3ncc(Cl)cc23)ncc1F. The summed E-state index contributed by atoms with van der Waals surface area (Å²) >= 11 is 6.00. The number of aromatic nitrogens is 4. The van der Waals surface area contributed by atoms with Gasteiger partial charge in [0.15, 0.2) is 17.5 Å². The summed E-state index contributed by atoms with van der Waals surface area (Å²) in [5, 5.41) is 6.74. The quantitative estimate of drug-likeness (QED) is 0.635. The maximum Gasteiger partial charge on any atom is 0.242 e. The molecule has 0 radical (unpaired) electrons. The summed E-state index contributed by atoms with van der Waals surface area (Å²) in [6, 6.07) is 1.06. The van der Waals surface area contributed by atoms with Crippen molar-refractivity contribution in [2.75, 3.05) is 5.32 Å². The number of halogens is 2. The molecule has 9 heteroatoms. The number of pyridine rings is 1. The van der Waals surface area contributed by atoms with Gasteiger partial charge in [-0.15, -0.1) is 0 Å². The first kappa shape index (κ1) is 18.1. The van der Waals surface area contributed by atoms with E-state index in [2.05, 4.69) is 30.6 Å². The number of aromatic amines is 1. The summed E-state index contributed by atoms with van der Waals surface area (Å²) in [5.74, 6) is -0.650. The molecule has 0 aromatic carbocycles. The number of fused-ring (bicyclic) bond motifs is 1. The number of hydrogen-bond donors (Lipinski definition) is 3. The second-order valence-corrected chi connectivity index (χ2v) is 6.61. The lowest BCUT2D eigenvalue weighted by molar-refractivity contribution is -0.122. The Bertz CT molecular complexity index is 958. The fourth-order valence-electron chi connectivity index (χ4n) is 2.44. The topological polar surface area (TPSA) is 95.6 Å². The van der Waals surface area contributed by atoms with E-state index >= 15 is 0 Å². The van der Waals surface area contributed by atoms with Crippen molar-refractivity contribution >= 4 is 34.4 Å². The standard InChI is InChI=1S/C17H18ClFN6O/c1-8(2)23-17(26)9(3)24-16-13(19)7-22-15(25-16)12-6-21-14-11(12)4-10(18)5-20-14/h4-9H,1-3H3,(H,20,21)(H,23,26)(H,22,24,25)/t9-/m0/s1. The molecule has 0 saturated heterocycles. The van der Waals surface area contributed by atoms with Crippen molar-refractivity contribution in [3.05, 3.63) is 35.5 Å². The minimum atomic E-state index is -0.659. The van der Waals surface area contributed by atoms with E-state index in [0.29, 0.717) is 22.1 Å². The van der Waals surface area contributed by atoms with Gasteiger partial charge in [0.25, 0.3) is 0 Å². The van der Waals surface area contributed by atoms with Gasteiger partial charge in [0, 0.05) is 29.4 Å². The van der Waals surface area contributed by atoms with Gasteiger partial charge < -0.3 is 15.6 Å². The largest absolute Gasteiger partial charge is 0.356 e. The monoisotopic (exact) mass is 376 g/mol. The van der Waals surface area contributed by atoms with Gasteiger partial charge >= 0.3 is 0 Å². The third kappa shape index (κ3) is 3.75. The lowest BCUT2D eigenvalue weighted by Crippen LogP contribution is -2.41. The Morgan fingerprint density at radius 1 is 1.27 bits per heavy atom. The third-order valence-electron chi connectivity index (χ3n) is 3.66. The summed E-state index contributed by atoms with van der Waals surface area (Å²) in [6.07, 6.45) is 4.27. The summed E-state index contributed by atoms with van der Waals surface area (Å²) in [7, 11) is 0. The molecule has 7 nitrogen and oxygen atoms in total. The molecule has 3 N–H and O–H groups in total. The Labute approximate surface area is 154 Å². The van der Waals surface area contributed by atoms with Crippen LogP contribution in [0.15, 0.2) is 24.7 Å². The van der Waals surface area contributed by atoms with Crippen LogP contribution in [-0.4, -0.2) is 37.9 Å². The number of rotatable bonds is 5. The Hall–Kier alpha value is -2.74. The molecule has 0 aliphatic rings. The predicted octanol–water partition coefficient (Wildman–Crippen LogP) is 3.14. The van der Waals surface area contributed by atoms with Crippen LogP contribution >= 0.6 is 11.6 Å². The van der Waals surface area contributed by atoms with Gasteiger partial charge in [0.1, 0.15) is 11.7 Å². The highest BCUT2D eigenvalue weighted by molar-refractivity contribution is 6.31. The van der Waals surface area contributed by atoms with Gasteiger partial charge in [-0.25, -0.2) is 19.3 Å². The van der Waals surface area contributed by atoms with Crippen LogP contribution in [-0.2, 0) is 4.79 Å². The van der Waals surface area contributed by atoms with Gasteiger partial charge in [-0.2, -0.15) is 0 Å². The van der Waals surface area contributed by atoms with Crippen LogP contribution in [0.25, 0.3) is 22.4 Å². The van der Waals surface area contributed by atoms with Gasteiger partial charge in [-0.3, -0.25) is 4.79 Å². The second kappa shape index (κ2) is 7.25. The van der Waals surface area contributed by atoms with Gasteiger partial charge in [-0.05, 0) is 26.8 Å². The Kier molecular flexibility index (Phi) is 5.03. The molecule has 0 fully saturated rings. The summed E-state index contributed by atoms with van der Waals surface area (Å²) < 4.78 is 14.1. The lowest BCUT2D eigenvalue weighted by Gasteiger charge is -2.17. The molecule has 0 spiro atoms. The number of hydrogen-bond acceptors (Lipinski definition) is 5. The third-order valence-corrected chi connectivity index (χ3v) is 3.87. The minimum absolute atomic E-state index is 0.0129. The minimum Gasteiger partial charge on any atom is -0.356 e. The molecule has 3 aromatic rings. The zero-order valence-electron chi connectivity index (χ0n) is 14.5. The average molecular weight is 377 g/mol. The highest BCUT2D eigenvalue weighted by Crippen LogP contribution is 2.28. The molecule has 1 amide bonds. The zero-order valence-corrected chi connectivity index (χ0v) is 15.2. The molecule has 1 atom stereocenters. The van der Waals surface area contributed by atoms with E-state index in [1.807, 2.05) is 13.8 Å². The highest BCUT2D eigenvalue weighted by atomic mass is 35.5. The van der Waals surface area contributed by atoms with Crippen molar-refractivity contribution in [3.63, 3.8) is 0 Å². The van der Waals surface area contributed by atoms with Gasteiger partial charge in [0.2, 0.25) is 5.91 Å². The molecule has 0 aliphatic carbocycles. The number of carbonyl (C=O) groups is 1. The average Bonchev–Trinajstić information content (AvgIpc) is 2.99. The Balaban J connectivity index is 1.92. The number of anilines is 1. The lowest BCUT2D eigenvalue weighted by atomic mass is 10.2. The molecule has 0 aliphatic heterocycles. The highest BCUT2D eigenvalue weighted by Gasteiger charge is 2.18. The Morgan fingerprint density at radius 3 is 2.77 bits per heavy atom. The summed E-state index contributed by atoms with van der Waals surface area (Å²) in [4.78, 5) is 27.5. The molecule has 0 saturated carbocycles. The first-order valence-electron chi connectivity index (χ1n) is 8.07. The van der Waals surface area contributed by atoms with Crippen LogP contribution in [0.2, 0.25) is 5.02 Å². The number of carbonyl (C=O) groups excluding carboxylic acids is 1. The van der Waals surface area contributed by atoms with E-state index in [1.54, 1.807) is 19.2 Å². The van der Waals surface area contributed by atoms with Crippen LogP contribution in [0, 0.1) is 5.82 Å². The second-order valence-electron chi connectivity index (χ2n) is 6.17. The van der Waals surface area contributed by atoms with E-state index < -0.39 is 11.9 Å². The van der Waals surface area contributed by atoms with Gasteiger partial charge in [0.05, 0.1) is 11.2 Å². The van der Waals surface area contributed by atoms with E-state index in [1.165, 1.54) is 6.20 Å². The smallest absolute Gasteiger partial charge is 0.242 e. The fraction of sp³-hybridized carbons (Fsp3) is 0.294. The van der Waals surface area contributed by atoms with Gasteiger partial charge in [-0.1, -0.05) is 11.6 Å². The van der Waals surface area contributed by atoms with Crippen LogP contribution < -0.4 is 10.6 Å². The van der Waals surface area contributed by atoms with Crippen molar-refractivity contribution in [2.45, 2.75) is 32.9 Å². The number of nitrogens with zero attached hydrogens (tertiary/aromatic N) is 3.